The summed E-state index contributed by atoms with van der Waals surface area (Å²) >= 11 is 6.24. The van der Waals surface area contributed by atoms with Crippen LogP contribution in [0.2, 0.25) is 5.02 Å². The van der Waals surface area contributed by atoms with E-state index in [0.29, 0.717) is 18.1 Å². The van der Waals surface area contributed by atoms with E-state index < -0.39 is 0 Å². The highest BCUT2D eigenvalue weighted by molar-refractivity contribution is 6.31. The smallest absolute Gasteiger partial charge is 0.0438 e. The average Bonchev–Trinajstić information content (AvgIpc) is 2.69. The number of benzene rings is 1. The van der Waals surface area contributed by atoms with Crippen molar-refractivity contribution in [3.8, 4) is 0 Å². The molecule has 1 aromatic carbocycles. The lowest BCUT2D eigenvalue weighted by Crippen LogP contribution is -2.41. The molecule has 0 bridgehead atoms. The highest BCUT2D eigenvalue weighted by Crippen LogP contribution is 2.17. The molecule has 2 N–H and O–H groups in total. The molecule has 118 valence electrons. The lowest BCUT2D eigenvalue weighted by atomic mass is 10.0. The van der Waals surface area contributed by atoms with Crippen molar-refractivity contribution >= 4 is 11.6 Å². The monoisotopic (exact) mass is 308 g/mol. The summed E-state index contributed by atoms with van der Waals surface area (Å²) in [5.41, 5.74) is 1.24. The summed E-state index contributed by atoms with van der Waals surface area (Å²) in [6.07, 6.45) is 7.62. The molecule has 0 aliphatic carbocycles. The summed E-state index contributed by atoms with van der Waals surface area (Å²) in [6, 6.07) is 9.82. The number of nitrogens with one attached hydrogen (secondary N) is 2. The van der Waals surface area contributed by atoms with Crippen LogP contribution in [0.15, 0.2) is 24.3 Å². The summed E-state index contributed by atoms with van der Waals surface area (Å²) in [4.78, 5) is 0. The molecule has 3 heteroatoms. The second-order valence-corrected chi connectivity index (χ2v) is 6.91. The normalized spacial score (nSPS) is 22.5. The first-order valence-corrected chi connectivity index (χ1v) is 8.76. The molecule has 1 fully saturated rings. The topological polar surface area (TPSA) is 24.1 Å². The summed E-state index contributed by atoms with van der Waals surface area (Å²) in [5.74, 6) is 0. The lowest BCUT2D eigenvalue weighted by molar-refractivity contribution is 0.376. The highest BCUT2D eigenvalue weighted by atomic mass is 35.5. The standard InChI is InChI=1S/C18H29ClN2/c1-14(12-16-8-5-6-10-18(16)19)21-15(2)13-17-9-4-3-7-11-20-17/h5-6,8,10,14-15,17,20-21H,3-4,7,9,11-13H2,1-2H3. The molecule has 1 aromatic rings. The lowest BCUT2D eigenvalue weighted by Gasteiger charge is -2.25. The van der Waals surface area contributed by atoms with Crippen molar-refractivity contribution in [2.75, 3.05) is 6.54 Å². The fraction of sp³-hybridized carbons (Fsp3) is 0.667. The van der Waals surface area contributed by atoms with Crippen molar-refractivity contribution in [3.05, 3.63) is 34.9 Å². The third-order valence-corrected chi connectivity index (χ3v) is 4.72. The van der Waals surface area contributed by atoms with Gasteiger partial charge in [0.1, 0.15) is 0 Å². The van der Waals surface area contributed by atoms with Crippen LogP contribution in [0.1, 0.15) is 51.5 Å². The zero-order valence-electron chi connectivity index (χ0n) is 13.4. The Morgan fingerprint density at radius 1 is 1.19 bits per heavy atom. The van der Waals surface area contributed by atoms with Gasteiger partial charge in [-0.15, -0.1) is 0 Å². The molecule has 2 rings (SSSR count). The Kier molecular flexibility index (Phi) is 7.01. The molecule has 1 saturated heterocycles. The van der Waals surface area contributed by atoms with Crippen LogP contribution in [0, 0.1) is 0 Å². The fourth-order valence-electron chi connectivity index (χ4n) is 3.34. The maximum Gasteiger partial charge on any atom is 0.0438 e. The minimum absolute atomic E-state index is 0.450. The summed E-state index contributed by atoms with van der Waals surface area (Å²) in [7, 11) is 0. The summed E-state index contributed by atoms with van der Waals surface area (Å²) < 4.78 is 0. The van der Waals surface area contributed by atoms with Gasteiger partial charge in [0.2, 0.25) is 0 Å². The maximum atomic E-state index is 6.24. The molecule has 1 aliphatic heterocycles. The van der Waals surface area contributed by atoms with E-state index >= 15 is 0 Å². The minimum Gasteiger partial charge on any atom is -0.314 e. The minimum atomic E-state index is 0.450. The van der Waals surface area contributed by atoms with Gasteiger partial charge < -0.3 is 10.6 Å². The van der Waals surface area contributed by atoms with E-state index in [9.17, 15) is 0 Å². The molecule has 0 amide bonds. The molecular formula is C18H29ClN2. The van der Waals surface area contributed by atoms with Gasteiger partial charge in [-0.2, -0.15) is 0 Å². The third kappa shape index (κ3) is 5.98. The van der Waals surface area contributed by atoms with Crippen molar-refractivity contribution in [2.24, 2.45) is 0 Å². The molecule has 3 atom stereocenters. The maximum absolute atomic E-state index is 6.24. The molecule has 0 aromatic heterocycles. The first-order chi connectivity index (χ1) is 10.1. The van der Waals surface area contributed by atoms with Crippen LogP contribution in [0.25, 0.3) is 0 Å². The fourth-order valence-corrected chi connectivity index (χ4v) is 3.55. The molecule has 21 heavy (non-hydrogen) atoms. The van der Waals surface area contributed by atoms with Crippen LogP contribution < -0.4 is 10.6 Å². The van der Waals surface area contributed by atoms with Crippen molar-refractivity contribution in [1.82, 2.24) is 10.6 Å². The van der Waals surface area contributed by atoms with E-state index in [-0.39, 0.29) is 0 Å². The van der Waals surface area contributed by atoms with Crippen LogP contribution in [-0.2, 0) is 6.42 Å². The van der Waals surface area contributed by atoms with Crippen LogP contribution in [0.5, 0.6) is 0 Å². The number of rotatable bonds is 6. The second kappa shape index (κ2) is 8.77. The number of halogens is 1. The Morgan fingerprint density at radius 2 is 2.00 bits per heavy atom. The van der Waals surface area contributed by atoms with Crippen LogP contribution in [0.3, 0.4) is 0 Å². The van der Waals surface area contributed by atoms with Crippen LogP contribution >= 0.6 is 11.6 Å². The summed E-state index contributed by atoms with van der Waals surface area (Å²) in [6.45, 7) is 5.74. The first-order valence-electron chi connectivity index (χ1n) is 8.38. The zero-order valence-corrected chi connectivity index (χ0v) is 14.1. The Hall–Kier alpha value is -0.570. The quantitative estimate of drug-likeness (QED) is 0.824. The van der Waals surface area contributed by atoms with Gasteiger partial charge in [0, 0.05) is 23.1 Å². The predicted molar refractivity (Wildman–Crippen MR) is 92.1 cm³/mol. The largest absolute Gasteiger partial charge is 0.314 e. The Labute approximate surface area is 134 Å². The van der Waals surface area contributed by atoms with Gasteiger partial charge in [0.15, 0.2) is 0 Å². The van der Waals surface area contributed by atoms with E-state index in [1.54, 1.807) is 0 Å². The molecule has 1 aliphatic rings. The molecule has 0 saturated carbocycles. The van der Waals surface area contributed by atoms with Crippen molar-refractivity contribution < 1.29 is 0 Å². The van der Waals surface area contributed by atoms with Gasteiger partial charge >= 0.3 is 0 Å². The van der Waals surface area contributed by atoms with E-state index in [2.05, 4.69) is 36.6 Å². The van der Waals surface area contributed by atoms with E-state index in [1.165, 1.54) is 44.2 Å². The summed E-state index contributed by atoms with van der Waals surface area (Å²) in [5, 5.41) is 8.29. The Morgan fingerprint density at radius 3 is 2.81 bits per heavy atom. The van der Waals surface area contributed by atoms with Crippen molar-refractivity contribution in [2.45, 2.75) is 70.5 Å². The Balaban J connectivity index is 1.76. The van der Waals surface area contributed by atoms with E-state index in [4.69, 9.17) is 11.6 Å². The van der Waals surface area contributed by atoms with Gasteiger partial charge in [0.05, 0.1) is 0 Å². The Bertz CT molecular complexity index is 413. The van der Waals surface area contributed by atoms with Gasteiger partial charge in [-0.1, -0.05) is 42.6 Å². The molecular weight excluding hydrogens is 280 g/mol. The zero-order chi connectivity index (χ0) is 15.1. The number of hydrogen-bond acceptors (Lipinski definition) is 2. The van der Waals surface area contributed by atoms with Crippen LogP contribution in [-0.4, -0.2) is 24.7 Å². The van der Waals surface area contributed by atoms with Gasteiger partial charge in [-0.3, -0.25) is 0 Å². The molecule has 1 heterocycles. The molecule has 0 radical (unpaired) electrons. The van der Waals surface area contributed by atoms with Crippen molar-refractivity contribution in [3.63, 3.8) is 0 Å². The first kappa shape index (κ1) is 16.8. The van der Waals surface area contributed by atoms with Gasteiger partial charge in [-0.25, -0.2) is 0 Å². The average molecular weight is 309 g/mol. The van der Waals surface area contributed by atoms with E-state index in [0.717, 1.165) is 11.4 Å². The second-order valence-electron chi connectivity index (χ2n) is 6.50. The van der Waals surface area contributed by atoms with Gasteiger partial charge in [0.25, 0.3) is 0 Å². The van der Waals surface area contributed by atoms with E-state index in [1.807, 2.05) is 12.1 Å². The highest BCUT2D eigenvalue weighted by Gasteiger charge is 2.16. The predicted octanol–water partition coefficient (Wildman–Crippen LogP) is 4.17. The molecule has 0 spiro atoms. The molecule has 3 unspecified atom stereocenters. The molecule has 2 nitrogen and oxygen atoms in total. The van der Waals surface area contributed by atoms with Crippen LogP contribution in [0.4, 0.5) is 0 Å². The number of hydrogen-bond donors (Lipinski definition) is 2. The van der Waals surface area contributed by atoms with Gasteiger partial charge in [-0.05, 0) is 57.7 Å². The SMILES string of the molecule is CC(Cc1ccccc1Cl)NC(C)CC1CCCCCN1. The van der Waals surface area contributed by atoms with Crippen molar-refractivity contribution in [1.29, 1.82) is 0 Å². The third-order valence-electron chi connectivity index (χ3n) is 4.35.